The number of carbonyl (C=O) groups is 1. The number of allylic oxidation sites excluding steroid dienone is 1. The van der Waals surface area contributed by atoms with Crippen molar-refractivity contribution in [2.75, 3.05) is 26.4 Å². The van der Waals surface area contributed by atoms with Crippen molar-refractivity contribution in [2.45, 2.75) is 76.2 Å². The Hall–Kier alpha value is -7.20. The lowest BCUT2D eigenvalue weighted by Gasteiger charge is -2.60. The van der Waals surface area contributed by atoms with Gasteiger partial charge in [-0.15, -0.1) is 6.58 Å². The number of nitro benzene ring substituents is 2. The van der Waals surface area contributed by atoms with Gasteiger partial charge >= 0.3 is 0 Å². The van der Waals surface area contributed by atoms with Crippen LogP contribution in [0.4, 0.5) is 11.4 Å². The van der Waals surface area contributed by atoms with Crippen LogP contribution in [0.1, 0.15) is 74.5 Å². The molecule has 1 saturated carbocycles. The fourth-order valence-electron chi connectivity index (χ4n) is 10.6. The van der Waals surface area contributed by atoms with E-state index in [0.717, 1.165) is 40.3 Å². The van der Waals surface area contributed by atoms with Crippen LogP contribution in [0.5, 0.6) is 17.2 Å². The van der Waals surface area contributed by atoms with E-state index >= 15 is 4.79 Å². The van der Waals surface area contributed by atoms with E-state index in [1.54, 1.807) is 47.4 Å². The van der Waals surface area contributed by atoms with Gasteiger partial charge in [0.1, 0.15) is 29.9 Å². The quantitative estimate of drug-likeness (QED) is 0.0220. The molecule has 0 saturated heterocycles. The van der Waals surface area contributed by atoms with Crippen LogP contribution in [0.15, 0.2) is 145 Å². The molecule has 5 aromatic rings. The van der Waals surface area contributed by atoms with Crippen LogP contribution in [-0.2, 0) is 20.9 Å². The van der Waals surface area contributed by atoms with E-state index in [4.69, 9.17) is 24.2 Å². The largest absolute Gasteiger partial charge is 0.459 e. The normalized spacial score (nSPS) is 21.8. The second kappa shape index (κ2) is 22.5. The summed E-state index contributed by atoms with van der Waals surface area (Å²) in [4.78, 5) is 45.4. The van der Waals surface area contributed by atoms with Crippen molar-refractivity contribution in [1.82, 2.24) is 4.90 Å². The predicted octanol–water partition coefficient (Wildman–Crippen LogP) is 10.8. The van der Waals surface area contributed by atoms with Crippen LogP contribution in [-0.4, -0.2) is 74.8 Å². The third-order valence-electron chi connectivity index (χ3n) is 13.6. The number of amides is 1. The number of unbranched alkanes of at least 4 members (excludes halogenated alkanes) is 2. The molecule has 364 valence electrons. The topological polar surface area (TPSA) is 196 Å². The highest BCUT2D eigenvalue weighted by Crippen LogP contribution is 2.62. The molecule has 1 amide bonds. The van der Waals surface area contributed by atoms with E-state index in [1.165, 1.54) is 30.3 Å². The van der Waals surface area contributed by atoms with Crippen molar-refractivity contribution in [2.24, 2.45) is 22.9 Å². The average Bonchev–Trinajstić information content (AvgIpc) is 3.37. The van der Waals surface area contributed by atoms with Gasteiger partial charge in [0.25, 0.3) is 11.4 Å². The number of oxime groups is 1. The number of fused-ring (bicyclic) bond motifs is 3. The van der Waals surface area contributed by atoms with Crippen LogP contribution in [0.3, 0.4) is 0 Å². The van der Waals surface area contributed by atoms with Gasteiger partial charge in [0.15, 0.2) is 0 Å². The van der Waals surface area contributed by atoms with E-state index in [9.17, 15) is 30.4 Å². The lowest BCUT2D eigenvalue weighted by Crippen LogP contribution is -2.70. The number of nitrogens with zero attached hydrogens (tertiary/aromatic N) is 4. The molecule has 2 N–H and O–H groups in total. The monoisotopic (exact) mass is 950 g/mol. The van der Waals surface area contributed by atoms with Crippen molar-refractivity contribution in [3.63, 3.8) is 0 Å². The summed E-state index contributed by atoms with van der Waals surface area (Å²) in [5, 5.41) is 50.0. The molecular weight excluding hydrogens is 893 g/mol. The molecule has 1 aliphatic heterocycles. The molecule has 70 heavy (non-hydrogen) atoms. The zero-order chi connectivity index (χ0) is 49.2. The first kappa shape index (κ1) is 49.2. The number of carbonyl (C=O) groups excluding carboxylic acids is 1. The molecule has 0 spiro atoms. The zero-order valence-corrected chi connectivity index (χ0v) is 39.1. The van der Waals surface area contributed by atoms with Crippen LogP contribution in [0, 0.1) is 38.0 Å². The molecule has 3 aliphatic rings. The second-order valence-electron chi connectivity index (χ2n) is 17.8. The van der Waals surface area contributed by atoms with Gasteiger partial charge in [0.2, 0.25) is 11.7 Å². The number of ether oxygens (including phenoxy) is 3. The fourth-order valence-corrected chi connectivity index (χ4v) is 10.6. The molecule has 6 atom stereocenters. The lowest BCUT2D eigenvalue weighted by atomic mass is 9.55. The number of non-ortho nitro benzene ring substituents is 2. The van der Waals surface area contributed by atoms with Gasteiger partial charge in [-0.2, -0.15) is 0 Å². The summed E-state index contributed by atoms with van der Waals surface area (Å²) < 4.78 is 21.0. The lowest BCUT2D eigenvalue weighted by molar-refractivity contribution is -0.385. The molecule has 0 aromatic heterocycles. The third-order valence-corrected chi connectivity index (χ3v) is 13.6. The first-order valence-corrected chi connectivity index (χ1v) is 23.9. The summed E-state index contributed by atoms with van der Waals surface area (Å²) in [5.41, 5.74) is 3.60. The Morgan fingerprint density at radius 3 is 2.36 bits per heavy atom. The first-order chi connectivity index (χ1) is 34.1. The van der Waals surface area contributed by atoms with Crippen molar-refractivity contribution in [3.8, 4) is 17.2 Å². The first-order valence-electron chi connectivity index (χ1n) is 23.9. The fraction of sp³-hybridized carbons (Fsp3) is 0.345. The van der Waals surface area contributed by atoms with Gasteiger partial charge in [-0.05, 0) is 114 Å². The van der Waals surface area contributed by atoms with E-state index in [2.05, 4.69) is 12.7 Å². The van der Waals surface area contributed by atoms with Gasteiger partial charge in [0.05, 0.1) is 34.1 Å². The number of nitro groups is 2. The molecule has 5 aromatic carbocycles. The van der Waals surface area contributed by atoms with Gasteiger partial charge in [0, 0.05) is 61.9 Å². The van der Waals surface area contributed by atoms with Crippen LogP contribution in [0.25, 0.3) is 16.8 Å². The molecule has 0 bridgehead atoms. The maximum absolute atomic E-state index is 15.4. The van der Waals surface area contributed by atoms with E-state index in [1.807, 2.05) is 61.5 Å². The van der Waals surface area contributed by atoms with Gasteiger partial charge < -0.3 is 34.2 Å². The SMILES string of the molecule is C=CCO[C@@]12Oc3ccc(Oc4cccc([N+](=O)[O-])c4)cc3[C@H]3[C@H](CCCCO)[C@@H](CCCCO)C=C(C(=NOCC)C[C@@H]1N(Cc1cccc4ccccc14)C(=O)C=Cc1ccc([N+](=O)[O-])cc1)[C@H]32. The van der Waals surface area contributed by atoms with Crippen molar-refractivity contribution in [3.05, 3.63) is 176 Å². The van der Waals surface area contributed by atoms with E-state index in [0.29, 0.717) is 48.5 Å². The molecule has 8 rings (SSSR count). The minimum Gasteiger partial charge on any atom is -0.459 e. The number of aliphatic hydroxyl groups is 2. The minimum absolute atomic E-state index is 0.0210. The van der Waals surface area contributed by atoms with Gasteiger partial charge in [-0.3, -0.25) is 25.0 Å². The number of hydrogen-bond donors (Lipinski definition) is 2. The molecule has 0 unspecified atom stereocenters. The average molecular weight is 951 g/mol. The molecule has 0 radical (unpaired) electrons. The Bertz CT molecular complexity index is 2790. The second-order valence-corrected chi connectivity index (χ2v) is 17.8. The minimum atomic E-state index is -1.57. The number of aliphatic hydroxyl groups excluding tert-OH is 2. The predicted molar refractivity (Wildman–Crippen MR) is 266 cm³/mol. The molecule has 15 heteroatoms. The zero-order valence-electron chi connectivity index (χ0n) is 39.1. The molecule has 1 heterocycles. The molecule has 15 nitrogen and oxygen atoms in total. The van der Waals surface area contributed by atoms with E-state index < -0.39 is 27.6 Å². The Labute approximate surface area is 406 Å². The van der Waals surface area contributed by atoms with Crippen LogP contribution in [0.2, 0.25) is 0 Å². The van der Waals surface area contributed by atoms with Crippen LogP contribution >= 0.6 is 0 Å². The maximum atomic E-state index is 15.4. The third kappa shape index (κ3) is 10.5. The Morgan fingerprint density at radius 2 is 1.61 bits per heavy atom. The number of hydrogen-bond acceptors (Lipinski definition) is 12. The molecule has 1 fully saturated rings. The van der Waals surface area contributed by atoms with E-state index in [-0.39, 0.29) is 80.2 Å². The smallest absolute Gasteiger partial charge is 0.273 e. The Balaban J connectivity index is 1.35. The summed E-state index contributed by atoms with van der Waals surface area (Å²) >= 11 is 0. The Kier molecular flexibility index (Phi) is 15.8. The number of benzene rings is 5. The van der Waals surface area contributed by atoms with Crippen molar-refractivity contribution < 1.29 is 43.9 Å². The highest BCUT2D eigenvalue weighted by Gasteiger charge is 2.65. The highest BCUT2D eigenvalue weighted by molar-refractivity contribution is 6.03. The van der Waals surface area contributed by atoms with Crippen molar-refractivity contribution in [1.29, 1.82) is 0 Å². The highest BCUT2D eigenvalue weighted by atomic mass is 16.7. The summed E-state index contributed by atoms with van der Waals surface area (Å²) in [6, 6.07) is 30.6. The number of rotatable bonds is 22. The molecule has 2 aliphatic carbocycles. The summed E-state index contributed by atoms with van der Waals surface area (Å²) in [5.74, 6) is -1.78. The Morgan fingerprint density at radius 1 is 0.886 bits per heavy atom. The summed E-state index contributed by atoms with van der Waals surface area (Å²) in [6.07, 6.45) is 11.3. The van der Waals surface area contributed by atoms with Crippen LogP contribution < -0.4 is 9.47 Å². The van der Waals surface area contributed by atoms with Gasteiger partial charge in [-0.1, -0.05) is 78.7 Å². The van der Waals surface area contributed by atoms with Crippen molar-refractivity contribution >= 4 is 39.8 Å². The molecular formula is C55H58N4O11. The van der Waals surface area contributed by atoms with Gasteiger partial charge in [-0.25, -0.2) is 0 Å². The summed E-state index contributed by atoms with van der Waals surface area (Å²) in [6.45, 7) is 6.45. The maximum Gasteiger partial charge on any atom is 0.273 e. The standard InChI is InChI=1S/C55H58N4O11/c1-3-31-67-55-51(57(36-40-16-11-15-38-13-5-6-19-45(38)40)52(62)28-23-37-21-24-41(25-22-37)58(63)64)35-49(56-68-4-2)47-32-39(14-7-9-29-60)46(20-8-10-30-61)53(54(47)55)48-34-44(26-27-50(48)70-55)69-43-18-12-17-42(33-43)59(65)66/h3,5-6,11-13,15-19,21-28,32-34,39,46,51,53-54,60-61H,1,4,7-10,14,20,29-31,35-36H2,2H3/t39-,46+,51-,53+,54+,55+/m0/s1. The summed E-state index contributed by atoms with van der Waals surface area (Å²) in [7, 11) is 0.